The van der Waals surface area contributed by atoms with Crippen LogP contribution in [0.2, 0.25) is 5.02 Å². The summed E-state index contributed by atoms with van der Waals surface area (Å²) in [7, 11) is 1.36. The zero-order valence-corrected chi connectivity index (χ0v) is 12.1. The first-order valence-corrected chi connectivity index (χ1v) is 6.59. The zero-order chi connectivity index (χ0) is 14.5. The number of ether oxygens (including phenoxy) is 2. The van der Waals surface area contributed by atoms with E-state index in [1.54, 1.807) is 24.3 Å². The van der Waals surface area contributed by atoms with Crippen LogP contribution in [0.25, 0.3) is 0 Å². The zero-order valence-electron chi connectivity index (χ0n) is 11.3. The van der Waals surface area contributed by atoms with Crippen LogP contribution in [0.1, 0.15) is 28.9 Å². The highest BCUT2D eigenvalue weighted by molar-refractivity contribution is 6.30. The summed E-state index contributed by atoms with van der Waals surface area (Å²) in [5.41, 5.74) is 1.28. The van der Waals surface area contributed by atoms with E-state index in [1.807, 2.05) is 31.2 Å². The third kappa shape index (κ3) is 3.31. The van der Waals surface area contributed by atoms with Gasteiger partial charge in [-0.2, -0.15) is 0 Å². The van der Waals surface area contributed by atoms with Crippen LogP contribution in [0.15, 0.2) is 48.5 Å². The Morgan fingerprint density at radius 2 is 1.90 bits per heavy atom. The molecule has 0 fully saturated rings. The number of rotatable bonds is 4. The van der Waals surface area contributed by atoms with E-state index in [0.29, 0.717) is 16.3 Å². The number of hydrogen-bond donors (Lipinski definition) is 0. The summed E-state index contributed by atoms with van der Waals surface area (Å²) < 4.78 is 10.6. The first-order valence-electron chi connectivity index (χ1n) is 6.21. The Kier molecular flexibility index (Phi) is 4.64. The van der Waals surface area contributed by atoms with Crippen LogP contribution in [-0.4, -0.2) is 13.1 Å². The lowest BCUT2D eigenvalue weighted by Crippen LogP contribution is -2.11. The maximum atomic E-state index is 11.7. The van der Waals surface area contributed by atoms with Gasteiger partial charge < -0.3 is 9.47 Å². The molecule has 0 amide bonds. The summed E-state index contributed by atoms with van der Waals surface area (Å²) in [5, 5.41) is 0.607. The number of halogens is 1. The molecule has 104 valence electrons. The van der Waals surface area contributed by atoms with Gasteiger partial charge in [-0.3, -0.25) is 0 Å². The van der Waals surface area contributed by atoms with Gasteiger partial charge in [-0.1, -0.05) is 35.9 Å². The van der Waals surface area contributed by atoms with E-state index in [9.17, 15) is 4.79 Å². The molecule has 1 atom stereocenters. The number of carbonyl (C=O) groups is 1. The average Bonchev–Trinajstić information content (AvgIpc) is 2.46. The van der Waals surface area contributed by atoms with Gasteiger partial charge in [-0.05, 0) is 31.2 Å². The third-order valence-corrected chi connectivity index (χ3v) is 3.15. The molecule has 1 unspecified atom stereocenters. The lowest BCUT2D eigenvalue weighted by molar-refractivity contribution is 0.0595. The maximum Gasteiger partial charge on any atom is 0.338 e. The van der Waals surface area contributed by atoms with Crippen LogP contribution >= 0.6 is 11.6 Å². The van der Waals surface area contributed by atoms with E-state index in [4.69, 9.17) is 21.1 Å². The molecular formula is C16H15ClO3. The van der Waals surface area contributed by atoms with Crippen molar-refractivity contribution in [3.63, 3.8) is 0 Å². The second-order valence-corrected chi connectivity index (χ2v) is 4.73. The van der Waals surface area contributed by atoms with Gasteiger partial charge in [0.15, 0.2) is 0 Å². The van der Waals surface area contributed by atoms with Crippen molar-refractivity contribution in [1.82, 2.24) is 0 Å². The molecule has 3 nitrogen and oxygen atoms in total. The third-order valence-electron chi connectivity index (χ3n) is 2.91. The summed E-state index contributed by atoms with van der Waals surface area (Å²) in [6, 6.07) is 14.4. The number of methoxy groups -OCH3 is 1. The minimum Gasteiger partial charge on any atom is -0.486 e. The second-order valence-electron chi connectivity index (χ2n) is 4.30. The van der Waals surface area contributed by atoms with Crippen molar-refractivity contribution in [2.75, 3.05) is 7.11 Å². The van der Waals surface area contributed by atoms with E-state index in [2.05, 4.69) is 0 Å². The summed E-state index contributed by atoms with van der Waals surface area (Å²) in [4.78, 5) is 11.7. The number of benzene rings is 2. The Morgan fingerprint density at radius 3 is 2.60 bits per heavy atom. The highest BCUT2D eigenvalue weighted by atomic mass is 35.5. The van der Waals surface area contributed by atoms with E-state index in [-0.39, 0.29) is 12.1 Å². The molecule has 0 bridgehead atoms. The standard InChI is InChI=1S/C16H15ClO3/c1-11(20-13-7-5-6-12(17)10-13)14-8-3-4-9-15(14)16(18)19-2/h3-11H,1-2H3. The van der Waals surface area contributed by atoms with Gasteiger partial charge in [-0.15, -0.1) is 0 Å². The molecule has 0 aliphatic heterocycles. The number of carbonyl (C=O) groups excluding carboxylic acids is 1. The molecule has 2 aromatic rings. The van der Waals surface area contributed by atoms with Crippen LogP contribution in [0.4, 0.5) is 0 Å². The molecule has 2 aromatic carbocycles. The van der Waals surface area contributed by atoms with Gasteiger partial charge in [0.25, 0.3) is 0 Å². The van der Waals surface area contributed by atoms with Gasteiger partial charge in [0, 0.05) is 10.6 Å². The Morgan fingerprint density at radius 1 is 1.15 bits per heavy atom. The fraction of sp³-hybridized carbons (Fsp3) is 0.188. The Hall–Kier alpha value is -2.00. The van der Waals surface area contributed by atoms with Crippen molar-refractivity contribution in [1.29, 1.82) is 0 Å². The SMILES string of the molecule is COC(=O)c1ccccc1C(C)Oc1cccc(Cl)c1. The van der Waals surface area contributed by atoms with Crippen LogP contribution in [0.3, 0.4) is 0 Å². The quantitative estimate of drug-likeness (QED) is 0.789. The Bertz CT molecular complexity index is 610. The van der Waals surface area contributed by atoms with E-state index in [1.165, 1.54) is 7.11 Å². The van der Waals surface area contributed by atoms with E-state index < -0.39 is 0 Å². The predicted molar refractivity (Wildman–Crippen MR) is 78.3 cm³/mol. The molecule has 0 saturated heterocycles. The molecule has 0 saturated carbocycles. The van der Waals surface area contributed by atoms with Crippen LogP contribution < -0.4 is 4.74 Å². The van der Waals surface area contributed by atoms with Crippen molar-refractivity contribution in [3.8, 4) is 5.75 Å². The number of hydrogen-bond acceptors (Lipinski definition) is 3. The van der Waals surface area contributed by atoms with Gasteiger partial charge in [0.2, 0.25) is 0 Å². The molecule has 0 spiro atoms. The van der Waals surface area contributed by atoms with Crippen molar-refractivity contribution in [2.45, 2.75) is 13.0 Å². The number of esters is 1. The molecule has 0 aliphatic rings. The molecule has 0 N–H and O–H groups in total. The molecule has 0 aliphatic carbocycles. The second kappa shape index (κ2) is 6.44. The highest BCUT2D eigenvalue weighted by Crippen LogP contribution is 2.26. The largest absolute Gasteiger partial charge is 0.486 e. The van der Waals surface area contributed by atoms with Crippen LogP contribution in [0, 0.1) is 0 Å². The van der Waals surface area contributed by atoms with Crippen LogP contribution in [-0.2, 0) is 4.74 Å². The lowest BCUT2D eigenvalue weighted by atomic mass is 10.0. The molecule has 0 radical (unpaired) electrons. The average molecular weight is 291 g/mol. The van der Waals surface area contributed by atoms with Crippen molar-refractivity contribution < 1.29 is 14.3 Å². The monoisotopic (exact) mass is 290 g/mol. The van der Waals surface area contributed by atoms with Crippen LogP contribution in [0.5, 0.6) is 5.75 Å². The fourth-order valence-corrected chi connectivity index (χ4v) is 2.14. The molecule has 2 rings (SSSR count). The summed E-state index contributed by atoms with van der Waals surface area (Å²) in [5.74, 6) is 0.284. The maximum absolute atomic E-state index is 11.7. The highest BCUT2D eigenvalue weighted by Gasteiger charge is 2.17. The van der Waals surface area contributed by atoms with E-state index in [0.717, 1.165) is 5.56 Å². The van der Waals surface area contributed by atoms with E-state index >= 15 is 0 Å². The Balaban J connectivity index is 2.25. The van der Waals surface area contributed by atoms with Gasteiger partial charge >= 0.3 is 5.97 Å². The van der Waals surface area contributed by atoms with Crippen molar-refractivity contribution in [3.05, 3.63) is 64.7 Å². The Labute approximate surface area is 123 Å². The fourth-order valence-electron chi connectivity index (χ4n) is 1.96. The predicted octanol–water partition coefficient (Wildman–Crippen LogP) is 4.27. The van der Waals surface area contributed by atoms with Gasteiger partial charge in [0.05, 0.1) is 12.7 Å². The van der Waals surface area contributed by atoms with Gasteiger partial charge in [-0.25, -0.2) is 4.79 Å². The van der Waals surface area contributed by atoms with Gasteiger partial charge in [0.1, 0.15) is 11.9 Å². The topological polar surface area (TPSA) is 35.5 Å². The summed E-state index contributed by atoms with van der Waals surface area (Å²) in [6.45, 7) is 1.88. The first kappa shape index (κ1) is 14.4. The normalized spacial score (nSPS) is 11.8. The minimum absolute atomic E-state index is 0.288. The molecule has 0 aromatic heterocycles. The molecule has 0 heterocycles. The molecule has 20 heavy (non-hydrogen) atoms. The lowest BCUT2D eigenvalue weighted by Gasteiger charge is -2.17. The van der Waals surface area contributed by atoms with Crippen molar-refractivity contribution >= 4 is 17.6 Å². The minimum atomic E-state index is -0.373. The smallest absolute Gasteiger partial charge is 0.338 e. The summed E-state index contributed by atoms with van der Waals surface area (Å²) in [6.07, 6.45) is -0.288. The summed E-state index contributed by atoms with van der Waals surface area (Å²) >= 11 is 5.92. The first-order chi connectivity index (χ1) is 9.61. The molecular weight excluding hydrogens is 276 g/mol. The van der Waals surface area contributed by atoms with Crippen molar-refractivity contribution in [2.24, 2.45) is 0 Å². The molecule has 4 heteroatoms.